The largest absolute Gasteiger partial charge is 0.502 e. The molecule has 0 radical (unpaired) electrons. The molecule has 2 aromatic rings. The highest BCUT2D eigenvalue weighted by Crippen LogP contribution is 2.25. The predicted molar refractivity (Wildman–Crippen MR) is 100 cm³/mol. The van der Waals surface area contributed by atoms with Crippen molar-refractivity contribution in [1.29, 1.82) is 0 Å². The highest BCUT2D eigenvalue weighted by Gasteiger charge is 2.12. The highest BCUT2D eigenvalue weighted by atomic mass is 16.6. The second-order valence-corrected chi connectivity index (χ2v) is 5.53. The zero-order valence-corrected chi connectivity index (χ0v) is 14.9. The average Bonchev–Trinajstić information content (AvgIpc) is 2.69. The monoisotopic (exact) mass is 386 g/mol. The Morgan fingerprint density at radius 2 is 1.96 bits per heavy atom. The SMILES string of the molecule is COc1ccc(C(=O)NCCC(=O)NN=Cc2ccc(O)c([N+](=O)[O-])c2)cc1. The number of phenols is 1. The number of aromatic hydroxyl groups is 1. The van der Waals surface area contributed by atoms with Crippen molar-refractivity contribution in [1.82, 2.24) is 10.7 Å². The van der Waals surface area contributed by atoms with Gasteiger partial charge in [-0.3, -0.25) is 19.7 Å². The maximum Gasteiger partial charge on any atom is 0.311 e. The summed E-state index contributed by atoms with van der Waals surface area (Å²) in [6.07, 6.45) is 1.20. The Labute approximate surface area is 160 Å². The first-order chi connectivity index (χ1) is 13.4. The van der Waals surface area contributed by atoms with Gasteiger partial charge in [-0.2, -0.15) is 5.10 Å². The van der Waals surface area contributed by atoms with Gasteiger partial charge in [-0.15, -0.1) is 0 Å². The van der Waals surface area contributed by atoms with Crippen LogP contribution >= 0.6 is 0 Å². The summed E-state index contributed by atoms with van der Waals surface area (Å²) in [7, 11) is 1.53. The summed E-state index contributed by atoms with van der Waals surface area (Å²) in [6, 6.07) is 10.2. The number of carbonyl (C=O) groups excluding carboxylic acids is 2. The zero-order valence-electron chi connectivity index (χ0n) is 14.9. The molecular weight excluding hydrogens is 368 g/mol. The average molecular weight is 386 g/mol. The number of nitro benzene ring substituents is 1. The molecule has 2 aromatic carbocycles. The number of nitro groups is 1. The Morgan fingerprint density at radius 1 is 1.25 bits per heavy atom. The van der Waals surface area contributed by atoms with Crippen molar-refractivity contribution >= 4 is 23.7 Å². The normalized spacial score (nSPS) is 10.5. The number of hydrazone groups is 1. The molecule has 10 heteroatoms. The first kappa shape index (κ1) is 20.4. The summed E-state index contributed by atoms with van der Waals surface area (Å²) in [4.78, 5) is 33.7. The van der Waals surface area contributed by atoms with Crippen molar-refractivity contribution in [2.24, 2.45) is 5.10 Å². The van der Waals surface area contributed by atoms with Gasteiger partial charge in [0.2, 0.25) is 5.91 Å². The molecule has 0 unspecified atom stereocenters. The number of carbonyl (C=O) groups is 2. The fourth-order valence-electron chi connectivity index (χ4n) is 2.14. The van der Waals surface area contributed by atoms with Gasteiger partial charge in [0.25, 0.3) is 5.91 Å². The van der Waals surface area contributed by atoms with E-state index in [9.17, 15) is 24.8 Å². The molecular formula is C18H18N4O6. The molecule has 0 aliphatic carbocycles. The quantitative estimate of drug-likeness (QED) is 0.357. The summed E-state index contributed by atoms with van der Waals surface area (Å²) >= 11 is 0. The first-order valence-corrected chi connectivity index (χ1v) is 8.12. The Morgan fingerprint density at radius 3 is 2.61 bits per heavy atom. The number of methoxy groups -OCH3 is 1. The fourth-order valence-corrected chi connectivity index (χ4v) is 2.14. The summed E-state index contributed by atoms with van der Waals surface area (Å²) in [6.45, 7) is 0.108. The van der Waals surface area contributed by atoms with Gasteiger partial charge < -0.3 is 15.2 Å². The second kappa shape index (κ2) is 9.67. The number of nitrogens with one attached hydrogen (secondary N) is 2. The number of amides is 2. The standard InChI is InChI=1S/C18H18N4O6/c1-28-14-5-3-13(4-6-14)18(25)19-9-8-17(24)21-20-11-12-2-7-16(23)15(10-12)22(26)27/h2-7,10-11,23H,8-9H2,1H3,(H,19,25)(H,21,24). The lowest BCUT2D eigenvalue weighted by atomic mass is 10.2. The Balaban J connectivity index is 1.78. The Hall–Kier alpha value is -3.95. The van der Waals surface area contributed by atoms with Gasteiger partial charge in [0.05, 0.1) is 18.2 Å². The first-order valence-electron chi connectivity index (χ1n) is 8.12. The molecule has 0 saturated heterocycles. The van der Waals surface area contributed by atoms with Crippen LogP contribution in [0.15, 0.2) is 47.6 Å². The second-order valence-electron chi connectivity index (χ2n) is 5.53. The zero-order chi connectivity index (χ0) is 20.5. The van der Waals surface area contributed by atoms with Crippen molar-refractivity contribution in [2.75, 3.05) is 13.7 Å². The molecule has 0 heterocycles. The van der Waals surface area contributed by atoms with Crippen molar-refractivity contribution < 1.29 is 24.4 Å². The number of benzene rings is 2. The molecule has 0 aliphatic heterocycles. The van der Waals surface area contributed by atoms with E-state index in [0.717, 1.165) is 12.1 Å². The molecule has 28 heavy (non-hydrogen) atoms. The Bertz CT molecular complexity index is 895. The van der Waals surface area contributed by atoms with E-state index in [1.54, 1.807) is 24.3 Å². The summed E-state index contributed by atoms with van der Waals surface area (Å²) < 4.78 is 5.01. The van der Waals surface area contributed by atoms with Crippen LogP contribution in [-0.4, -0.2) is 41.7 Å². The number of rotatable bonds is 8. The van der Waals surface area contributed by atoms with Crippen LogP contribution in [0.25, 0.3) is 0 Å². The van der Waals surface area contributed by atoms with Gasteiger partial charge in [0.15, 0.2) is 5.75 Å². The van der Waals surface area contributed by atoms with E-state index < -0.39 is 22.3 Å². The van der Waals surface area contributed by atoms with Gasteiger partial charge in [0, 0.05) is 30.2 Å². The summed E-state index contributed by atoms with van der Waals surface area (Å²) in [5.41, 5.74) is 2.56. The summed E-state index contributed by atoms with van der Waals surface area (Å²) in [5.74, 6) is -0.596. The lowest BCUT2D eigenvalue weighted by Crippen LogP contribution is -2.29. The molecule has 0 atom stereocenters. The Kier molecular flexibility index (Phi) is 7.03. The highest BCUT2D eigenvalue weighted by molar-refractivity contribution is 5.94. The van der Waals surface area contributed by atoms with Crippen LogP contribution in [0.4, 0.5) is 5.69 Å². The maximum atomic E-state index is 12.0. The number of hydrogen-bond acceptors (Lipinski definition) is 7. The summed E-state index contributed by atoms with van der Waals surface area (Å²) in [5, 5.41) is 26.4. The van der Waals surface area contributed by atoms with Crippen molar-refractivity contribution in [3.05, 3.63) is 63.7 Å². The van der Waals surface area contributed by atoms with Crippen LogP contribution in [0, 0.1) is 10.1 Å². The topological polar surface area (TPSA) is 143 Å². The lowest BCUT2D eigenvalue weighted by Gasteiger charge is -2.05. The van der Waals surface area contributed by atoms with Crippen LogP contribution < -0.4 is 15.5 Å². The van der Waals surface area contributed by atoms with Crippen molar-refractivity contribution in [3.63, 3.8) is 0 Å². The van der Waals surface area contributed by atoms with Gasteiger partial charge in [-0.05, 0) is 36.4 Å². The minimum atomic E-state index is -0.725. The molecule has 3 N–H and O–H groups in total. The maximum absolute atomic E-state index is 12.0. The minimum Gasteiger partial charge on any atom is -0.502 e. The van der Waals surface area contributed by atoms with E-state index in [0.29, 0.717) is 16.9 Å². The number of hydrogen-bond donors (Lipinski definition) is 3. The van der Waals surface area contributed by atoms with E-state index in [1.165, 1.54) is 19.4 Å². The van der Waals surface area contributed by atoms with Gasteiger partial charge in [-0.25, -0.2) is 5.43 Å². The third-order valence-corrected chi connectivity index (χ3v) is 3.59. The molecule has 0 aliphatic rings. The molecule has 0 fully saturated rings. The third kappa shape index (κ3) is 5.80. The molecule has 146 valence electrons. The molecule has 2 rings (SSSR count). The number of ether oxygens (including phenoxy) is 1. The molecule has 2 amide bonds. The van der Waals surface area contributed by atoms with Crippen molar-refractivity contribution in [2.45, 2.75) is 6.42 Å². The van der Waals surface area contributed by atoms with Crippen LogP contribution in [-0.2, 0) is 4.79 Å². The van der Waals surface area contributed by atoms with E-state index in [2.05, 4.69) is 15.8 Å². The smallest absolute Gasteiger partial charge is 0.311 e. The molecule has 0 saturated carbocycles. The molecule has 0 spiro atoms. The van der Waals surface area contributed by atoms with Crippen molar-refractivity contribution in [3.8, 4) is 11.5 Å². The van der Waals surface area contributed by atoms with E-state index in [1.807, 2.05) is 0 Å². The van der Waals surface area contributed by atoms with E-state index in [4.69, 9.17) is 4.74 Å². The molecule has 0 aromatic heterocycles. The van der Waals surface area contributed by atoms with E-state index in [-0.39, 0.29) is 18.9 Å². The molecule has 0 bridgehead atoms. The predicted octanol–water partition coefficient (Wildman–Crippen LogP) is 1.58. The van der Waals surface area contributed by atoms with Gasteiger partial charge >= 0.3 is 5.69 Å². The van der Waals surface area contributed by atoms with Gasteiger partial charge in [0.1, 0.15) is 5.75 Å². The number of nitrogens with zero attached hydrogens (tertiary/aromatic N) is 2. The van der Waals surface area contributed by atoms with Crippen LogP contribution in [0.3, 0.4) is 0 Å². The lowest BCUT2D eigenvalue weighted by molar-refractivity contribution is -0.385. The number of phenolic OH excluding ortho intramolecular Hbond substituents is 1. The minimum absolute atomic E-state index is 0.00500. The van der Waals surface area contributed by atoms with Crippen LogP contribution in [0.5, 0.6) is 11.5 Å². The third-order valence-electron chi connectivity index (χ3n) is 3.59. The van der Waals surface area contributed by atoms with Gasteiger partial charge in [-0.1, -0.05) is 0 Å². The van der Waals surface area contributed by atoms with E-state index >= 15 is 0 Å². The fraction of sp³-hybridized carbons (Fsp3) is 0.167. The van der Waals surface area contributed by atoms with Crippen LogP contribution in [0.1, 0.15) is 22.3 Å². The molecule has 10 nitrogen and oxygen atoms in total. The van der Waals surface area contributed by atoms with Crippen LogP contribution in [0.2, 0.25) is 0 Å².